The number of pyridine rings is 1. The average Bonchev–Trinajstić information content (AvgIpc) is 2.34. The molecule has 1 aromatic heterocycles. The quantitative estimate of drug-likeness (QED) is 0.892. The summed E-state index contributed by atoms with van der Waals surface area (Å²) in [6.07, 6.45) is 1.49. The van der Waals surface area contributed by atoms with Crippen molar-refractivity contribution in [3.05, 3.63) is 51.8 Å². The van der Waals surface area contributed by atoms with Gasteiger partial charge in [-0.05, 0) is 47.5 Å². The van der Waals surface area contributed by atoms with E-state index in [-0.39, 0.29) is 5.91 Å². The van der Waals surface area contributed by atoms with Crippen LogP contribution in [0.2, 0.25) is 0 Å². The van der Waals surface area contributed by atoms with Gasteiger partial charge >= 0.3 is 0 Å². The molecule has 4 nitrogen and oxygen atoms in total. The maximum atomic E-state index is 12.2. The number of nitrogens with two attached hydrogens (primary N) is 1. The summed E-state index contributed by atoms with van der Waals surface area (Å²) in [5.41, 5.74) is 9.18. The number of hydrogen-bond donors (Lipinski definition) is 2. The van der Waals surface area contributed by atoms with Crippen LogP contribution in [0.25, 0.3) is 0 Å². The molecular weight excluding hydrogens is 306 g/mol. The fraction of sp³-hybridized carbons (Fsp3) is 0.143. The van der Waals surface area contributed by atoms with E-state index in [1.54, 1.807) is 6.07 Å². The SMILES string of the molecule is Cc1cc(N)c(C(=O)Nc2cccc(C)c2Br)cn1. The standard InChI is InChI=1S/C14H14BrN3O/c1-8-4-3-5-12(13(8)15)18-14(19)10-7-17-9(2)6-11(10)16/h3-7H,1-2H3,(H2,16,17)(H,18,19). The number of carbonyl (C=O) groups is 1. The molecule has 0 spiro atoms. The van der Waals surface area contributed by atoms with Crippen LogP contribution in [0.4, 0.5) is 11.4 Å². The second-order valence-electron chi connectivity index (χ2n) is 4.30. The Kier molecular flexibility index (Phi) is 3.85. The minimum atomic E-state index is -0.267. The third-order valence-corrected chi connectivity index (χ3v) is 3.81. The fourth-order valence-corrected chi connectivity index (χ4v) is 2.07. The Hall–Kier alpha value is -1.88. The molecule has 0 bridgehead atoms. The van der Waals surface area contributed by atoms with Crippen LogP contribution in [-0.4, -0.2) is 10.9 Å². The highest BCUT2D eigenvalue weighted by atomic mass is 79.9. The van der Waals surface area contributed by atoms with Gasteiger partial charge in [-0.2, -0.15) is 0 Å². The first-order valence-electron chi connectivity index (χ1n) is 5.77. The van der Waals surface area contributed by atoms with Crippen LogP contribution >= 0.6 is 15.9 Å². The minimum Gasteiger partial charge on any atom is -0.398 e. The molecule has 0 aliphatic heterocycles. The molecule has 0 fully saturated rings. The van der Waals surface area contributed by atoms with Crippen molar-refractivity contribution in [1.29, 1.82) is 0 Å². The van der Waals surface area contributed by atoms with E-state index in [0.29, 0.717) is 16.9 Å². The zero-order valence-corrected chi connectivity index (χ0v) is 12.3. The summed E-state index contributed by atoms with van der Waals surface area (Å²) in [5, 5.41) is 2.82. The molecule has 0 saturated carbocycles. The third kappa shape index (κ3) is 2.93. The number of aryl methyl sites for hydroxylation is 2. The van der Waals surface area contributed by atoms with Crippen LogP contribution in [0.1, 0.15) is 21.6 Å². The maximum absolute atomic E-state index is 12.2. The van der Waals surface area contributed by atoms with E-state index in [1.165, 1.54) is 6.20 Å². The first kappa shape index (κ1) is 13.5. The predicted octanol–water partition coefficient (Wildman–Crippen LogP) is 3.30. The molecule has 0 aliphatic carbocycles. The molecule has 2 rings (SSSR count). The smallest absolute Gasteiger partial charge is 0.259 e. The Morgan fingerprint density at radius 3 is 2.79 bits per heavy atom. The molecule has 0 radical (unpaired) electrons. The lowest BCUT2D eigenvalue weighted by Crippen LogP contribution is -2.15. The first-order chi connectivity index (χ1) is 8.99. The van der Waals surface area contributed by atoms with E-state index in [1.807, 2.05) is 32.0 Å². The van der Waals surface area contributed by atoms with Gasteiger partial charge in [0.25, 0.3) is 5.91 Å². The molecule has 1 amide bonds. The molecule has 0 aliphatic rings. The maximum Gasteiger partial charge on any atom is 0.259 e. The van der Waals surface area contributed by atoms with Gasteiger partial charge in [0, 0.05) is 22.1 Å². The molecule has 1 heterocycles. The molecule has 0 atom stereocenters. The van der Waals surface area contributed by atoms with Gasteiger partial charge in [-0.15, -0.1) is 0 Å². The van der Waals surface area contributed by atoms with Crippen LogP contribution in [0, 0.1) is 13.8 Å². The number of halogens is 1. The van der Waals surface area contributed by atoms with Crippen LogP contribution in [0.3, 0.4) is 0 Å². The van der Waals surface area contributed by atoms with E-state index in [2.05, 4.69) is 26.2 Å². The topological polar surface area (TPSA) is 68.0 Å². The number of aromatic nitrogens is 1. The Morgan fingerprint density at radius 2 is 2.11 bits per heavy atom. The van der Waals surface area contributed by atoms with Gasteiger partial charge in [-0.25, -0.2) is 0 Å². The van der Waals surface area contributed by atoms with Gasteiger partial charge in [-0.3, -0.25) is 9.78 Å². The molecule has 0 saturated heterocycles. The molecule has 2 aromatic rings. The average molecular weight is 320 g/mol. The summed E-state index contributed by atoms with van der Waals surface area (Å²) in [5.74, 6) is -0.267. The Bertz CT molecular complexity index is 641. The molecule has 1 aromatic carbocycles. The molecular formula is C14H14BrN3O. The number of nitrogens with one attached hydrogen (secondary N) is 1. The Morgan fingerprint density at radius 1 is 1.37 bits per heavy atom. The van der Waals surface area contributed by atoms with Gasteiger partial charge in [0.05, 0.1) is 11.3 Å². The minimum absolute atomic E-state index is 0.267. The highest BCUT2D eigenvalue weighted by molar-refractivity contribution is 9.10. The number of benzene rings is 1. The second-order valence-corrected chi connectivity index (χ2v) is 5.10. The van der Waals surface area contributed by atoms with Crippen LogP contribution in [-0.2, 0) is 0 Å². The predicted molar refractivity (Wildman–Crippen MR) is 80.2 cm³/mol. The Labute approximate surface area is 120 Å². The number of amides is 1. The zero-order chi connectivity index (χ0) is 14.0. The van der Waals surface area contributed by atoms with Crippen molar-refractivity contribution in [3.8, 4) is 0 Å². The molecule has 19 heavy (non-hydrogen) atoms. The van der Waals surface area contributed by atoms with Crippen molar-refractivity contribution in [3.63, 3.8) is 0 Å². The van der Waals surface area contributed by atoms with Crippen molar-refractivity contribution in [1.82, 2.24) is 4.98 Å². The van der Waals surface area contributed by atoms with Crippen molar-refractivity contribution < 1.29 is 4.79 Å². The highest BCUT2D eigenvalue weighted by Gasteiger charge is 2.12. The van der Waals surface area contributed by atoms with Crippen molar-refractivity contribution >= 4 is 33.2 Å². The van der Waals surface area contributed by atoms with Crippen molar-refractivity contribution in [2.75, 3.05) is 11.1 Å². The zero-order valence-electron chi connectivity index (χ0n) is 10.7. The van der Waals surface area contributed by atoms with Gasteiger partial charge in [0.1, 0.15) is 0 Å². The summed E-state index contributed by atoms with van der Waals surface area (Å²) < 4.78 is 0.863. The number of carbonyl (C=O) groups excluding carboxylic acids is 1. The lowest BCUT2D eigenvalue weighted by Gasteiger charge is -2.10. The molecule has 5 heteroatoms. The van der Waals surface area contributed by atoms with Crippen LogP contribution in [0.5, 0.6) is 0 Å². The fourth-order valence-electron chi connectivity index (χ4n) is 1.70. The summed E-state index contributed by atoms with van der Waals surface area (Å²) in [4.78, 5) is 16.2. The highest BCUT2D eigenvalue weighted by Crippen LogP contribution is 2.26. The van der Waals surface area contributed by atoms with Crippen LogP contribution in [0.15, 0.2) is 34.9 Å². The summed E-state index contributed by atoms with van der Waals surface area (Å²) in [6.45, 7) is 3.79. The number of rotatable bonds is 2. The summed E-state index contributed by atoms with van der Waals surface area (Å²) in [6, 6.07) is 7.35. The number of hydrogen-bond acceptors (Lipinski definition) is 3. The summed E-state index contributed by atoms with van der Waals surface area (Å²) >= 11 is 3.45. The number of nitrogens with zero attached hydrogens (tertiary/aromatic N) is 1. The van der Waals surface area contributed by atoms with Gasteiger partial charge in [-0.1, -0.05) is 12.1 Å². The second kappa shape index (κ2) is 5.40. The Balaban J connectivity index is 2.28. The third-order valence-electron chi connectivity index (χ3n) is 2.76. The number of nitrogen functional groups attached to an aromatic ring is 1. The van der Waals surface area contributed by atoms with Gasteiger partial charge in [0.15, 0.2) is 0 Å². The molecule has 0 unspecified atom stereocenters. The van der Waals surface area contributed by atoms with E-state index >= 15 is 0 Å². The normalized spacial score (nSPS) is 10.3. The van der Waals surface area contributed by atoms with Gasteiger partial charge in [0.2, 0.25) is 0 Å². The van der Waals surface area contributed by atoms with E-state index < -0.39 is 0 Å². The van der Waals surface area contributed by atoms with Crippen LogP contribution < -0.4 is 11.1 Å². The van der Waals surface area contributed by atoms with Crippen molar-refractivity contribution in [2.45, 2.75) is 13.8 Å². The van der Waals surface area contributed by atoms with E-state index in [4.69, 9.17) is 5.73 Å². The summed E-state index contributed by atoms with van der Waals surface area (Å²) in [7, 11) is 0. The number of anilines is 2. The molecule has 3 N–H and O–H groups in total. The van der Waals surface area contributed by atoms with Crippen molar-refractivity contribution in [2.24, 2.45) is 0 Å². The van der Waals surface area contributed by atoms with E-state index in [9.17, 15) is 4.79 Å². The lowest BCUT2D eigenvalue weighted by molar-refractivity contribution is 0.102. The first-order valence-corrected chi connectivity index (χ1v) is 6.57. The lowest BCUT2D eigenvalue weighted by atomic mass is 10.2. The van der Waals surface area contributed by atoms with Gasteiger partial charge < -0.3 is 11.1 Å². The molecule has 98 valence electrons. The monoisotopic (exact) mass is 319 g/mol. The van der Waals surface area contributed by atoms with E-state index in [0.717, 1.165) is 15.7 Å². The largest absolute Gasteiger partial charge is 0.398 e.